The Balaban J connectivity index is 2.09. The first-order valence-electron chi connectivity index (χ1n) is 6.18. The molecule has 3 nitrogen and oxygen atoms in total. The van der Waals surface area contributed by atoms with Crippen LogP contribution in [0.2, 0.25) is 0 Å². The van der Waals surface area contributed by atoms with E-state index in [4.69, 9.17) is 10.2 Å². The quantitative estimate of drug-likeness (QED) is 0.853. The minimum atomic E-state index is 0.250. The Morgan fingerprint density at radius 1 is 1.44 bits per heavy atom. The summed E-state index contributed by atoms with van der Waals surface area (Å²) in [7, 11) is 0. The van der Waals surface area contributed by atoms with Gasteiger partial charge in [-0.05, 0) is 30.4 Å². The van der Waals surface area contributed by atoms with Crippen LogP contribution < -0.4 is 5.73 Å². The lowest BCUT2D eigenvalue weighted by molar-refractivity contribution is 0.0879. The Morgan fingerprint density at radius 2 is 2.12 bits per heavy atom. The molecule has 0 amide bonds. The molecular formula is C13H22N2O. The molecular weight excluding hydrogens is 200 g/mol. The minimum Gasteiger partial charge on any atom is -0.468 e. The molecule has 0 aliphatic carbocycles. The van der Waals surface area contributed by atoms with E-state index in [9.17, 15) is 0 Å². The molecule has 0 spiro atoms. The van der Waals surface area contributed by atoms with Gasteiger partial charge in [0.1, 0.15) is 5.76 Å². The zero-order chi connectivity index (χ0) is 11.5. The van der Waals surface area contributed by atoms with Crippen LogP contribution in [0.25, 0.3) is 0 Å². The van der Waals surface area contributed by atoms with Gasteiger partial charge in [-0.15, -0.1) is 0 Å². The highest BCUT2D eigenvalue weighted by Crippen LogP contribution is 2.28. The average Bonchev–Trinajstić information content (AvgIpc) is 2.70. The minimum absolute atomic E-state index is 0.250. The van der Waals surface area contributed by atoms with Crippen molar-refractivity contribution < 1.29 is 4.42 Å². The average molecular weight is 222 g/mol. The molecule has 2 heterocycles. The highest BCUT2D eigenvalue weighted by Gasteiger charge is 2.28. The van der Waals surface area contributed by atoms with E-state index in [2.05, 4.69) is 18.7 Å². The lowest BCUT2D eigenvalue weighted by atomic mass is 9.90. The summed E-state index contributed by atoms with van der Waals surface area (Å²) in [5.74, 6) is 2.52. The van der Waals surface area contributed by atoms with Crippen LogP contribution in [0, 0.1) is 11.8 Å². The second-order valence-electron chi connectivity index (χ2n) is 5.17. The first-order valence-corrected chi connectivity index (χ1v) is 6.18. The highest BCUT2D eigenvalue weighted by atomic mass is 16.3. The summed E-state index contributed by atoms with van der Waals surface area (Å²) in [4.78, 5) is 2.47. The fraction of sp³-hybridized carbons (Fsp3) is 0.692. The van der Waals surface area contributed by atoms with Crippen LogP contribution in [-0.2, 0) is 0 Å². The number of hydrogen-bond donors (Lipinski definition) is 1. The van der Waals surface area contributed by atoms with Gasteiger partial charge in [0.25, 0.3) is 0 Å². The maximum Gasteiger partial charge on any atom is 0.122 e. The first kappa shape index (κ1) is 11.7. The molecule has 0 aromatic carbocycles. The molecule has 0 bridgehead atoms. The van der Waals surface area contributed by atoms with Crippen LogP contribution in [0.5, 0.6) is 0 Å². The van der Waals surface area contributed by atoms with Crippen molar-refractivity contribution >= 4 is 0 Å². The molecule has 1 aromatic heterocycles. The first-order chi connectivity index (χ1) is 7.70. The smallest absolute Gasteiger partial charge is 0.122 e. The van der Waals surface area contributed by atoms with Crippen LogP contribution >= 0.6 is 0 Å². The van der Waals surface area contributed by atoms with Gasteiger partial charge in [-0.25, -0.2) is 0 Å². The molecule has 1 saturated heterocycles. The molecule has 2 rings (SSSR count). The number of piperidine rings is 1. The predicted octanol–water partition coefficient (Wildman–Crippen LogP) is 2.26. The second kappa shape index (κ2) is 5.02. The fourth-order valence-corrected chi connectivity index (χ4v) is 2.89. The third-order valence-electron chi connectivity index (χ3n) is 3.43. The van der Waals surface area contributed by atoms with E-state index in [0.29, 0.717) is 6.54 Å². The molecule has 1 aliphatic rings. The number of nitrogens with zero attached hydrogens (tertiary/aromatic N) is 1. The van der Waals surface area contributed by atoms with Gasteiger partial charge in [0.2, 0.25) is 0 Å². The van der Waals surface area contributed by atoms with Gasteiger partial charge in [0.05, 0.1) is 12.3 Å². The van der Waals surface area contributed by atoms with Crippen LogP contribution in [0.1, 0.15) is 32.1 Å². The van der Waals surface area contributed by atoms with Crippen molar-refractivity contribution in [3.8, 4) is 0 Å². The van der Waals surface area contributed by atoms with Crippen LogP contribution in [0.15, 0.2) is 22.8 Å². The molecule has 0 radical (unpaired) electrons. The summed E-state index contributed by atoms with van der Waals surface area (Å²) in [6.07, 6.45) is 3.06. The standard InChI is InChI=1S/C13H22N2O/c1-10-6-11(2)9-15(8-10)12(7-14)13-4-3-5-16-13/h3-5,10-12H,6-9,14H2,1-2H3. The van der Waals surface area contributed by atoms with E-state index in [0.717, 1.165) is 30.7 Å². The van der Waals surface area contributed by atoms with Gasteiger partial charge >= 0.3 is 0 Å². The van der Waals surface area contributed by atoms with Crippen LogP contribution in [0.3, 0.4) is 0 Å². The zero-order valence-electron chi connectivity index (χ0n) is 10.2. The van der Waals surface area contributed by atoms with E-state index < -0.39 is 0 Å². The normalized spacial score (nSPS) is 29.2. The van der Waals surface area contributed by atoms with Crippen LogP contribution in [0.4, 0.5) is 0 Å². The topological polar surface area (TPSA) is 42.4 Å². The van der Waals surface area contributed by atoms with Gasteiger partial charge in [-0.2, -0.15) is 0 Å². The third kappa shape index (κ3) is 2.47. The molecule has 3 atom stereocenters. The molecule has 1 fully saturated rings. The van der Waals surface area contributed by atoms with E-state index in [1.54, 1.807) is 6.26 Å². The highest BCUT2D eigenvalue weighted by molar-refractivity contribution is 5.06. The Hall–Kier alpha value is -0.800. The maximum absolute atomic E-state index is 5.88. The Kier molecular flexibility index (Phi) is 3.66. The number of furan rings is 1. The maximum atomic E-state index is 5.88. The molecule has 2 N–H and O–H groups in total. The van der Waals surface area contributed by atoms with E-state index >= 15 is 0 Å². The summed E-state index contributed by atoms with van der Waals surface area (Å²) in [6.45, 7) is 7.53. The van der Waals surface area contributed by atoms with Gasteiger partial charge in [0.15, 0.2) is 0 Å². The summed E-state index contributed by atoms with van der Waals surface area (Å²) in [5, 5.41) is 0. The molecule has 1 aliphatic heterocycles. The molecule has 3 heteroatoms. The summed E-state index contributed by atoms with van der Waals surface area (Å²) in [6, 6.07) is 4.22. The molecule has 3 unspecified atom stereocenters. The Labute approximate surface area is 97.6 Å². The summed E-state index contributed by atoms with van der Waals surface area (Å²) >= 11 is 0. The molecule has 90 valence electrons. The van der Waals surface area contributed by atoms with Gasteiger partial charge in [-0.1, -0.05) is 13.8 Å². The van der Waals surface area contributed by atoms with E-state index in [-0.39, 0.29) is 6.04 Å². The number of hydrogen-bond acceptors (Lipinski definition) is 3. The van der Waals surface area contributed by atoms with Crippen molar-refractivity contribution in [1.29, 1.82) is 0 Å². The third-order valence-corrected chi connectivity index (χ3v) is 3.43. The van der Waals surface area contributed by atoms with Crippen molar-refractivity contribution in [3.63, 3.8) is 0 Å². The largest absolute Gasteiger partial charge is 0.468 e. The monoisotopic (exact) mass is 222 g/mol. The van der Waals surface area contributed by atoms with Crippen molar-refractivity contribution in [3.05, 3.63) is 24.2 Å². The molecule has 16 heavy (non-hydrogen) atoms. The summed E-state index contributed by atoms with van der Waals surface area (Å²) in [5.41, 5.74) is 5.88. The van der Waals surface area contributed by atoms with Crippen molar-refractivity contribution in [2.24, 2.45) is 17.6 Å². The van der Waals surface area contributed by atoms with E-state index in [1.807, 2.05) is 12.1 Å². The SMILES string of the molecule is CC1CC(C)CN(C(CN)c2ccco2)C1. The van der Waals surface area contributed by atoms with Crippen molar-refractivity contribution in [2.75, 3.05) is 19.6 Å². The Morgan fingerprint density at radius 3 is 2.62 bits per heavy atom. The number of nitrogens with two attached hydrogens (primary N) is 1. The number of rotatable bonds is 3. The Bertz CT molecular complexity index is 300. The zero-order valence-corrected chi connectivity index (χ0v) is 10.2. The lowest BCUT2D eigenvalue weighted by Crippen LogP contribution is -2.43. The van der Waals surface area contributed by atoms with Gasteiger partial charge in [-0.3, -0.25) is 4.90 Å². The van der Waals surface area contributed by atoms with Gasteiger partial charge < -0.3 is 10.2 Å². The predicted molar refractivity (Wildman–Crippen MR) is 65.0 cm³/mol. The second-order valence-corrected chi connectivity index (χ2v) is 5.17. The lowest BCUT2D eigenvalue weighted by Gasteiger charge is -2.38. The fourth-order valence-electron chi connectivity index (χ4n) is 2.89. The van der Waals surface area contributed by atoms with Gasteiger partial charge in [0, 0.05) is 19.6 Å². The van der Waals surface area contributed by atoms with Crippen molar-refractivity contribution in [2.45, 2.75) is 26.3 Å². The number of likely N-dealkylation sites (tertiary alicyclic amines) is 1. The van der Waals surface area contributed by atoms with Crippen molar-refractivity contribution in [1.82, 2.24) is 4.90 Å². The van der Waals surface area contributed by atoms with Crippen LogP contribution in [-0.4, -0.2) is 24.5 Å². The van der Waals surface area contributed by atoms with E-state index in [1.165, 1.54) is 6.42 Å². The molecule has 0 saturated carbocycles. The summed E-state index contributed by atoms with van der Waals surface area (Å²) < 4.78 is 5.49. The molecule has 1 aromatic rings.